The standard InChI is InChI=1S/C16H18N2O3/c19-15(20)12-7-8-14-11(10-12)4-3-9-18(14)16(21)17-13-5-1-2-6-13/h1-2,7-8,10,13H,3-6,9H2,(H,17,21)(H,19,20). The number of carbonyl (C=O) groups excluding carboxylic acids is 1. The van der Waals surface area contributed by atoms with Crippen molar-refractivity contribution in [1.82, 2.24) is 5.32 Å². The van der Waals surface area contributed by atoms with Gasteiger partial charge in [0.15, 0.2) is 0 Å². The average molecular weight is 286 g/mol. The number of benzene rings is 1. The van der Waals surface area contributed by atoms with Gasteiger partial charge in [0, 0.05) is 18.3 Å². The van der Waals surface area contributed by atoms with Crippen LogP contribution in [0, 0.1) is 0 Å². The molecule has 0 radical (unpaired) electrons. The van der Waals surface area contributed by atoms with Crippen molar-refractivity contribution in [1.29, 1.82) is 0 Å². The third kappa shape index (κ3) is 2.77. The van der Waals surface area contributed by atoms with Crippen LogP contribution in [0.3, 0.4) is 0 Å². The smallest absolute Gasteiger partial charge is 0.335 e. The molecule has 1 aromatic carbocycles. The van der Waals surface area contributed by atoms with Crippen LogP contribution in [0.2, 0.25) is 0 Å². The fourth-order valence-corrected chi connectivity index (χ4v) is 2.93. The van der Waals surface area contributed by atoms with Crippen LogP contribution in [0.1, 0.15) is 35.2 Å². The first-order valence-electron chi connectivity index (χ1n) is 7.24. The minimum atomic E-state index is -0.934. The van der Waals surface area contributed by atoms with Crippen LogP contribution in [0.15, 0.2) is 30.4 Å². The summed E-state index contributed by atoms with van der Waals surface area (Å²) in [7, 11) is 0. The molecular formula is C16H18N2O3. The van der Waals surface area contributed by atoms with Gasteiger partial charge in [-0.2, -0.15) is 0 Å². The molecule has 3 rings (SSSR count). The molecule has 0 saturated carbocycles. The van der Waals surface area contributed by atoms with Crippen LogP contribution in [0.5, 0.6) is 0 Å². The number of aryl methyl sites for hydroxylation is 1. The summed E-state index contributed by atoms with van der Waals surface area (Å²) < 4.78 is 0. The highest BCUT2D eigenvalue weighted by Crippen LogP contribution is 2.28. The van der Waals surface area contributed by atoms with E-state index in [1.807, 2.05) is 0 Å². The fourth-order valence-electron chi connectivity index (χ4n) is 2.93. The lowest BCUT2D eigenvalue weighted by Gasteiger charge is -2.30. The van der Waals surface area contributed by atoms with Gasteiger partial charge in [-0.15, -0.1) is 0 Å². The van der Waals surface area contributed by atoms with Crippen molar-refractivity contribution in [2.45, 2.75) is 31.7 Å². The van der Waals surface area contributed by atoms with Gasteiger partial charge in [-0.25, -0.2) is 9.59 Å². The Hall–Kier alpha value is -2.30. The zero-order chi connectivity index (χ0) is 14.8. The molecule has 0 atom stereocenters. The summed E-state index contributed by atoms with van der Waals surface area (Å²) in [4.78, 5) is 25.2. The fraction of sp³-hybridized carbons (Fsp3) is 0.375. The van der Waals surface area contributed by atoms with Crippen LogP contribution < -0.4 is 10.2 Å². The second-order valence-corrected chi connectivity index (χ2v) is 5.49. The number of carboxylic acid groups (broad SMARTS) is 1. The average Bonchev–Trinajstić information content (AvgIpc) is 2.98. The summed E-state index contributed by atoms with van der Waals surface area (Å²) in [5.74, 6) is -0.934. The van der Waals surface area contributed by atoms with Crippen LogP contribution in [-0.2, 0) is 6.42 Å². The van der Waals surface area contributed by atoms with E-state index in [2.05, 4.69) is 17.5 Å². The van der Waals surface area contributed by atoms with Gasteiger partial charge in [-0.1, -0.05) is 12.2 Å². The van der Waals surface area contributed by atoms with E-state index in [1.54, 1.807) is 23.1 Å². The number of carboxylic acids is 1. The van der Waals surface area contributed by atoms with E-state index in [4.69, 9.17) is 5.11 Å². The molecule has 1 aromatic rings. The Morgan fingerprint density at radius 2 is 2.00 bits per heavy atom. The minimum absolute atomic E-state index is 0.0901. The predicted octanol–water partition coefficient (Wildman–Crippen LogP) is 2.57. The lowest BCUT2D eigenvalue weighted by Crippen LogP contribution is -2.46. The van der Waals surface area contributed by atoms with Gasteiger partial charge in [0.2, 0.25) is 0 Å². The number of hydrogen-bond acceptors (Lipinski definition) is 2. The van der Waals surface area contributed by atoms with Crippen molar-refractivity contribution in [3.05, 3.63) is 41.5 Å². The van der Waals surface area contributed by atoms with E-state index in [1.165, 1.54) is 0 Å². The molecule has 2 N–H and O–H groups in total. The Bertz CT molecular complexity index is 602. The number of carbonyl (C=O) groups is 2. The van der Waals surface area contributed by atoms with E-state index >= 15 is 0 Å². The van der Waals surface area contributed by atoms with E-state index in [-0.39, 0.29) is 17.6 Å². The maximum absolute atomic E-state index is 12.4. The second-order valence-electron chi connectivity index (χ2n) is 5.49. The number of hydrogen-bond donors (Lipinski definition) is 2. The highest BCUT2D eigenvalue weighted by atomic mass is 16.4. The molecule has 5 heteroatoms. The van der Waals surface area contributed by atoms with Crippen molar-refractivity contribution in [2.24, 2.45) is 0 Å². The minimum Gasteiger partial charge on any atom is -0.478 e. The number of anilines is 1. The molecule has 21 heavy (non-hydrogen) atoms. The highest BCUT2D eigenvalue weighted by molar-refractivity contribution is 5.95. The number of rotatable bonds is 2. The van der Waals surface area contributed by atoms with Crippen molar-refractivity contribution >= 4 is 17.7 Å². The number of aromatic carboxylic acids is 1. The van der Waals surface area contributed by atoms with E-state index in [0.717, 1.165) is 36.9 Å². The zero-order valence-electron chi connectivity index (χ0n) is 11.7. The Morgan fingerprint density at radius 3 is 2.71 bits per heavy atom. The van der Waals surface area contributed by atoms with Crippen molar-refractivity contribution < 1.29 is 14.7 Å². The Labute approximate surface area is 123 Å². The molecule has 0 aromatic heterocycles. The molecule has 1 heterocycles. The Balaban J connectivity index is 1.79. The normalized spacial score (nSPS) is 17.6. The third-order valence-corrected chi connectivity index (χ3v) is 4.03. The van der Waals surface area contributed by atoms with Gasteiger partial charge in [0.05, 0.1) is 5.56 Å². The van der Waals surface area contributed by atoms with Crippen molar-refractivity contribution in [3.8, 4) is 0 Å². The predicted molar refractivity (Wildman–Crippen MR) is 79.8 cm³/mol. The molecule has 0 spiro atoms. The third-order valence-electron chi connectivity index (χ3n) is 4.03. The largest absolute Gasteiger partial charge is 0.478 e. The molecule has 0 bridgehead atoms. The number of amides is 2. The monoisotopic (exact) mass is 286 g/mol. The summed E-state index contributed by atoms with van der Waals surface area (Å²) in [6, 6.07) is 5.07. The molecule has 110 valence electrons. The summed E-state index contributed by atoms with van der Waals surface area (Å²) >= 11 is 0. The van der Waals surface area contributed by atoms with Gasteiger partial charge < -0.3 is 10.4 Å². The van der Waals surface area contributed by atoms with Crippen LogP contribution in [0.4, 0.5) is 10.5 Å². The van der Waals surface area contributed by atoms with Crippen LogP contribution in [0.25, 0.3) is 0 Å². The number of urea groups is 1. The summed E-state index contributed by atoms with van der Waals surface area (Å²) in [6.07, 6.45) is 7.58. The number of nitrogens with one attached hydrogen (secondary N) is 1. The first kappa shape index (κ1) is 13.7. The molecule has 0 fully saturated rings. The molecule has 2 aliphatic rings. The number of fused-ring (bicyclic) bond motifs is 1. The summed E-state index contributed by atoms with van der Waals surface area (Å²) in [6.45, 7) is 0.672. The van der Waals surface area contributed by atoms with Crippen LogP contribution in [-0.4, -0.2) is 29.7 Å². The number of nitrogens with zero attached hydrogens (tertiary/aromatic N) is 1. The molecule has 5 nitrogen and oxygen atoms in total. The van der Waals surface area contributed by atoms with Crippen molar-refractivity contribution in [3.63, 3.8) is 0 Å². The Kier molecular flexibility index (Phi) is 3.64. The highest BCUT2D eigenvalue weighted by Gasteiger charge is 2.25. The molecule has 0 saturated heterocycles. The van der Waals surface area contributed by atoms with Gasteiger partial charge in [0.1, 0.15) is 0 Å². The van der Waals surface area contributed by atoms with Crippen molar-refractivity contribution in [2.75, 3.05) is 11.4 Å². The first-order valence-corrected chi connectivity index (χ1v) is 7.24. The van der Waals surface area contributed by atoms with Gasteiger partial charge in [0.25, 0.3) is 0 Å². The molecule has 0 unspecified atom stereocenters. The lowest BCUT2D eigenvalue weighted by molar-refractivity contribution is 0.0696. The molecule has 2 amide bonds. The van der Waals surface area contributed by atoms with Gasteiger partial charge >= 0.3 is 12.0 Å². The maximum atomic E-state index is 12.4. The maximum Gasteiger partial charge on any atom is 0.335 e. The van der Waals surface area contributed by atoms with Gasteiger partial charge in [-0.05, 0) is 49.4 Å². The lowest BCUT2D eigenvalue weighted by atomic mass is 9.99. The first-order chi connectivity index (χ1) is 10.1. The molecule has 1 aliphatic carbocycles. The van der Waals surface area contributed by atoms with E-state index < -0.39 is 5.97 Å². The van der Waals surface area contributed by atoms with Gasteiger partial charge in [-0.3, -0.25) is 4.90 Å². The second kappa shape index (κ2) is 5.60. The van der Waals surface area contributed by atoms with E-state index in [9.17, 15) is 9.59 Å². The summed E-state index contributed by atoms with van der Waals surface area (Å²) in [5, 5.41) is 12.1. The SMILES string of the molecule is O=C(O)c1ccc2c(c1)CCCN2C(=O)NC1CC=CC1. The quantitative estimate of drug-likeness (QED) is 0.821. The molecular weight excluding hydrogens is 268 g/mol. The van der Waals surface area contributed by atoms with Crippen LogP contribution >= 0.6 is 0 Å². The zero-order valence-corrected chi connectivity index (χ0v) is 11.7. The summed E-state index contributed by atoms with van der Waals surface area (Å²) in [5.41, 5.74) is 2.03. The van der Waals surface area contributed by atoms with E-state index in [0.29, 0.717) is 6.54 Å². The molecule has 1 aliphatic heterocycles. The topological polar surface area (TPSA) is 69.6 Å². The Morgan fingerprint density at radius 1 is 1.24 bits per heavy atom.